The van der Waals surface area contributed by atoms with E-state index in [1.54, 1.807) is 0 Å². The number of nitrogen functional groups attached to an aromatic ring is 1. The summed E-state index contributed by atoms with van der Waals surface area (Å²) >= 11 is 9.69. The average Bonchev–Trinajstić information content (AvgIpc) is 2.75. The molecule has 92 valence electrons. The summed E-state index contributed by atoms with van der Waals surface area (Å²) in [6, 6.07) is 12.0. The number of nitrogens with two attached hydrogens (primary N) is 1. The predicted octanol–water partition coefficient (Wildman–Crippen LogP) is 4.20. The minimum absolute atomic E-state index is 0.739. The molecular weight excluding hydrogens is 312 g/mol. The van der Waals surface area contributed by atoms with Crippen LogP contribution in [0.1, 0.15) is 11.1 Å². The van der Waals surface area contributed by atoms with Crippen molar-refractivity contribution in [1.82, 2.24) is 0 Å². The highest BCUT2D eigenvalue weighted by molar-refractivity contribution is 9.10. The van der Waals surface area contributed by atoms with Crippen molar-refractivity contribution in [3.05, 3.63) is 57.0 Å². The highest BCUT2D eigenvalue weighted by Crippen LogP contribution is 2.37. The molecular formula is C14H12BrClN2. The summed E-state index contributed by atoms with van der Waals surface area (Å²) in [6.45, 7) is 1.77. The fraction of sp³-hybridized carbons (Fsp3) is 0.143. The van der Waals surface area contributed by atoms with Crippen LogP contribution in [-0.2, 0) is 13.1 Å². The van der Waals surface area contributed by atoms with Gasteiger partial charge >= 0.3 is 0 Å². The summed E-state index contributed by atoms with van der Waals surface area (Å²) < 4.78 is 0.951. The Kier molecular flexibility index (Phi) is 2.96. The number of halogens is 2. The minimum Gasteiger partial charge on any atom is -0.399 e. The second-order valence-electron chi connectivity index (χ2n) is 4.46. The van der Waals surface area contributed by atoms with E-state index < -0.39 is 0 Å². The molecule has 0 unspecified atom stereocenters. The highest BCUT2D eigenvalue weighted by atomic mass is 79.9. The summed E-state index contributed by atoms with van der Waals surface area (Å²) in [5, 5.41) is 0.739. The Balaban J connectivity index is 1.96. The lowest BCUT2D eigenvalue weighted by atomic mass is 10.1. The Labute approximate surface area is 119 Å². The van der Waals surface area contributed by atoms with Gasteiger partial charge in [-0.3, -0.25) is 0 Å². The number of rotatable bonds is 1. The van der Waals surface area contributed by atoms with E-state index >= 15 is 0 Å². The van der Waals surface area contributed by atoms with Gasteiger partial charge in [0.1, 0.15) is 0 Å². The standard InChI is InChI=1S/C14H12BrClN2/c15-14-12(16)2-1-3-13(14)18-7-9-4-5-11(17)6-10(9)8-18/h1-6H,7-8,17H2. The zero-order chi connectivity index (χ0) is 12.7. The van der Waals surface area contributed by atoms with Crippen molar-refractivity contribution < 1.29 is 0 Å². The molecule has 0 radical (unpaired) electrons. The van der Waals surface area contributed by atoms with Crippen molar-refractivity contribution >= 4 is 38.9 Å². The molecule has 2 aromatic rings. The molecule has 0 saturated carbocycles. The summed E-state index contributed by atoms with van der Waals surface area (Å²) in [5.41, 5.74) is 10.4. The van der Waals surface area contributed by atoms with Gasteiger partial charge in [0.05, 0.1) is 15.2 Å². The highest BCUT2D eigenvalue weighted by Gasteiger charge is 2.21. The molecule has 0 saturated heterocycles. The summed E-state index contributed by atoms with van der Waals surface area (Å²) in [6.07, 6.45) is 0. The van der Waals surface area contributed by atoms with Gasteiger partial charge in [-0.1, -0.05) is 23.7 Å². The molecule has 0 bridgehead atoms. The van der Waals surface area contributed by atoms with Gasteiger partial charge in [0, 0.05) is 18.8 Å². The zero-order valence-electron chi connectivity index (χ0n) is 9.66. The molecule has 18 heavy (non-hydrogen) atoms. The van der Waals surface area contributed by atoms with Crippen LogP contribution in [0.3, 0.4) is 0 Å². The molecule has 2 nitrogen and oxygen atoms in total. The van der Waals surface area contributed by atoms with Crippen LogP contribution in [0.15, 0.2) is 40.9 Å². The third-order valence-electron chi connectivity index (χ3n) is 3.22. The van der Waals surface area contributed by atoms with Crippen molar-refractivity contribution in [2.75, 3.05) is 10.6 Å². The van der Waals surface area contributed by atoms with Gasteiger partial charge in [-0.05, 0) is 51.3 Å². The molecule has 0 spiro atoms. The van der Waals surface area contributed by atoms with Crippen molar-refractivity contribution in [2.45, 2.75) is 13.1 Å². The van der Waals surface area contributed by atoms with Crippen molar-refractivity contribution in [2.24, 2.45) is 0 Å². The Hall–Kier alpha value is -1.19. The van der Waals surface area contributed by atoms with Crippen molar-refractivity contribution in [3.8, 4) is 0 Å². The number of fused-ring (bicyclic) bond motifs is 1. The fourth-order valence-electron chi connectivity index (χ4n) is 2.32. The van der Waals surface area contributed by atoms with Crippen LogP contribution in [0.5, 0.6) is 0 Å². The molecule has 0 aliphatic carbocycles. The third kappa shape index (κ3) is 1.98. The van der Waals surface area contributed by atoms with Crippen LogP contribution in [0, 0.1) is 0 Å². The molecule has 1 heterocycles. The lowest BCUT2D eigenvalue weighted by Crippen LogP contribution is -2.14. The van der Waals surface area contributed by atoms with Gasteiger partial charge in [0.15, 0.2) is 0 Å². The first-order valence-electron chi connectivity index (χ1n) is 5.71. The maximum absolute atomic E-state index is 6.14. The second-order valence-corrected chi connectivity index (χ2v) is 5.66. The Morgan fingerprint density at radius 3 is 2.72 bits per heavy atom. The maximum atomic E-state index is 6.14. The van der Waals surface area contributed by atoms with E-state index in [9.17, 15) is 0 Å². The van der Waals surface area contributed by atoms with Crippen LogP contribution in [-0.4, -0.2) is 0 Å². The van der Waals surface area contributed by atoms with Gasteiger partial charge in [-0.25, -0.2) is 0 Å². The normalized spacial score (nSPS) is 13.8. The van der Waals surface area contributed by atoms with E-state index in [0.29, 0.717) is 0 Å². The lowest BCUT2D eigenvalue weighted by Gasteiger charge is -2.19. The van der Waals surface area contributed by atoms with Gasteiger partial charge in [0.25, 0.3) is 0 Å². The van der Waals surface area contributed by atoms with E-state index in [0.717, 1.165) is 34.0 Å². The van der Waals surface area contributed by atoms with E-state index in [4.69, 9.17) is 17.3 Å². The largest absolute Gasteiger partial charge is 0.399 e. The predicted molar refractivity (Wildman–Crippen MR) is 79.9 cm³/mol. The van der Waals surface area contributed by atoms with Crippen LogP contribution in [0.25, 0.3) is 0 Å². The average molecular weight is 324 g/mol. The fourth-order valence-corrected chi connectivity index (χ4v) is 3.01. The first-order chi connectivity index (χ1) is 8.65. The minimum atomic E-state index is 0.739. The number of hydrogen-bond donors (Lipinski definition) is 1. The Morgan fingerprint density at radius 1 is 1.11 bits per heavy atom. The number of hydrogen-bond acceptors (Lipinski definition) is 2. The molecule has 3 rings (SSSR count). The molecule has 2 aromatic carbocycles. The second kappa shape index (κ2) is 4.48. The topological polar surface area (TPSA) is 29.3 Å². The van der Waals surface area contributed by atoms with Gasteiger partial charge < -0.3 is 10.6 Å². The SMILES string of the molecule is Nc1ccc2c(c1)CN(c1cccc(Cl)c1Br)C2. The Bertz CT molecular complexity index is 613. The smallest absolute Gasteiger partial charge is 0.0595 e. The number of nitrogens with zero attached hydrogens (tertiary/aromatic N) is 1. The first-order valence-corrected chi connectivity index (χ1v) is 6.88. The van der Waals surface area contributed by atoms with Crippen LogP contribution in [0.4, 0.5) is 11.4 Å². The van der Waals surface area contributed by atoms with Crippen LogP contribution >= 0.6 is 27.5 Å². The van der Waals surface area contributed by atoms with E-state index in [2.05, 4.69) is 33.0 Å². The Morgan fingerprint density at radius 2 is 1.89 bits per heavy atom. The molecule has 0 amide bonds. The molecule has 0 atom stereocenters. The molecule has 1 aliphatic rings. The van der Waals surface area contributed by atoms with Gasteiger partial charge in [-0.2, -0.15) is 0 Å². The summed E-state index contributed by atoms with van der Waals surface area (Å²) in [4.78, 5) is 2.29. The van der Waals surface area contributed by atoms with Crippen molar-refractivity contribution in [3.63, 3.8) is 0 Å². The quantitative estimate of drug-likeness (QED) is 0.797. The van der Waals surface area contributed by atoms with E-state index in [1.165, 1.54) is 11.1 Å². The van der Waals surface area contributed by atoms with Crippen molar-refractivity contribution in [1.29, 1.82) is 0 Å². The molecule has 0 fully saturated rings. The maximum Gasteiger partial charge on any atom is 0.0595 e. The van der Waals surface area contributed by atoms with Crippen LogP contribution < -0.4 is 10.6 Å². The van der Waals surface area contributed by atoms with E-state index in [-0.39, 0.29) is 0 Å². The zero-order valence-corrected chi connectivity index (χ0v) is 12.0. The lowest BCUT2D eigenvalue weighted by molar-refractivity contribution is 0.877. The van der Waals surface area contributed by atoms with Gasteiger partial charge in [-0.15, -0.1) is 0 Å². The molecule has 2 N–H and O–H groups in total. The van der Waals surface area contributed by atoms with Crippen LogP contribution in [0.2, 0.25) is 5.02 Å². The monoisotopic (exact) mass is 322 g/mol. The molecule has 4 heteroatoms. The molecule has 1 aliphatic heterocycles. The summed E-state index contributed by atoms with van der Waals surface area (Å²) in [7, 11) is 0. The number of anilines is 2. The molecule has 0 aromatic heterocycles. The number of benzene rings is 2. The summed E-state index contributed by atoms with van der Waals surface area (Å²) in [5.74, 6) is 0. The van der Waals surface area contributed by atoms with E-state index in [1.807, 2.05) is 24.3 Å². The third-order valence-corrected chi connectivity index (χ3v) is 4.60. The first kappa shape index (κ1) is 11.9. The van der Waals surface area contributed by atoms with Gasteiger partial charge in [0.2, 0.25) is 0 Å².